The highest BCUT2D eigenvalue weighted by Gasteiger charge is 2.22. The third-order valence-electron chi connectivity index (χ3n) is 3.24. The second kappa shape index (κ2) is 7.00. The summed E-state index contributed by atoms with van der Waals surface area (Å²) in [6.07, 6.45) is 0. The van der Waals surface area contributed by atoms with Crippen LogP contribution in [0, 0.1) is 5.82 Å². The minimum Gasteiger partial charge on any atom is -0.494 e. The zero-order chi connectivity index (χ0) is 16.3. The van der Waals surface area contributed by atoms with Crippen LogP contribution in [0.1, 0.15) is 49.2 Å². The number of aromatic nitrogens is 2. The molecule has 0 spiro atoms. The molecule has 0 N–H and O–H groups in total. The largest absolute Gasteiger partial charge is 0.494 e. The maximum absolute atomic E-state index is 13.7. The Balaban J connectivity index is 2.09. The first-order chi connectivity index (χ1) is 10.4. The molecular weight excluding hydrogens is 307 g/mol. The zero-order valence-electron chi connectivity index (χ0n) is 13.0. The first-order valence-electron chi connectivity index (χ1n) is 6.95. The van der Waals surface area contributed by atoms with Crippen molar-refractivity contribution < 1.29 is 17.9 Å². The van der Waals surface area contributed by atoms with Crippen molar-refractivity contribution >= 4 is 10.8 Å². The van der Waals surface area contributed by atoms with E-state index < -0.39 is 21.9 Å². The van der Waals surface area contributed by atoms with Crippen LogP contribution < -0.4 is 4.74 Å². The molecule has 1 aromatic carbocycles. The number of nitrogens with zero attached hydrogens (tertiary/aromatic N) is 2. The van der Waals surface area contributed by atoms with E-state index in [1.807, 2.05) is 13.8 Å². The van der Waals surface area contributed by atoms with Gasteiger partial charge in [-0.15, -0.1) is 0 Å². The van der Waals surface area contributed by atoms with Crippen molar-refractivity contribution in [2.24, 2.45) is 0 Å². The summed E-state index contributed by atoms with van der Waals surface area (Å²) in [6, 6.07) is 4.55. The van der Waals surface area contributed by atoms with Crippen LogP contribution >= 0.6 is 0 Å². The van der Waals surface area contributed by atoms with Gasteiger partial charge in [0.05, 0.1) is 7.11 Å². The van der Waals surface area contributed by atoms with Crippen molar-refractivity contribution in [3.63, 3.8) is 0 Å². The third kappa shape index (κ3) is 3.71. The van der Waals surface area contributed by atoms with Crippen LogP contribution in [0.5, 0.6) is 5.75 Å². The van der Waals surface area contributed by atoms with Crippen LogP contribution in [0.3, 0.4) is 0 Å². The van der Waals surface area contributed by atoms with Crippen LogP contribution in [-0.2, 0) is 16.6 Å². The van der Waals surface area contributed by atoms with Crippen LogP contribution in [0.2, 0.25) is 0 Å². The summed E-state index contributed by atoms with van der Waals surface area (Å²) in [5.74, 6) is 0.992. The first-order valence-corrected chi connectivity index (χ1v) is 8.33. The molecular formula is C15H19FN2O3S. The van der Waals surface area contributed by atoms with Gasteiger partial charge >= 0.3 is 0 Å². The number of halogens is 1. The summed E-state index contributed by atoms with van der Waals surface area (Å²) in [6.45, 7) is 5.67. The molecule has 1 aromatic heterocycles. The Morgan fingerprint density at radius 2 is 2.09 bits per heavy atom. The fraction of sp³-hybridized carbons (Fsp3) is 0.467. The van der Waals surface area contributed by atoms with E-state index >= 15 is 0 Å². The quantitative estimate of drug-likeness (QED) is 0.814. The lowest BCUT2D eigenvalue weighted by Crippen LogP contribution is -2.06. The van der Waals surface area contributed by atoms with E-state index in [-0.39, 0.29) is 17.4 Å². The topological polar surface area (TPSA) is 65.2 Å². The van der Waals surface area contributed by atoms with E-state index in [0.717, 1.165) is 0 Å². The standard InChI is InChI=1S/C15H19FN2O3S/c1-9(2)14-17-15(21-18-14)10(3)22(19)8-11-5-6-13(20-4)12(16)7-11/h5-7,9-10H,8H2,1-4H3. The average molecular weight is 326 g/mol. The van der Waals surface area contributed by atoms with Crippen molar-refractivity contribution in [2.45, 2.75) is 37.7 Å². The Morgan fingerprint density at radius 3 is 2.64 bits per heavy atom. The Labute approximate surface area is 131 Å². The van der Waals surface area contributed by atoms with Gasteiger partial charge in [-0.25, -0.2) is 4.39 Å². The van der Waals surface area contributed by atoms with Crippen LogP contribution in [0.15, 0.2) is 22.7 Å². The molecule has 2 atom stereocenters. The summed E-state index contributed by atoms with van der Waals surface area (Å²) in [5.41, 5.74) is 0.632. The van der Waals surface area contributed by atoms with Crippen molar-refractivity contribution in [2.75, 3.05) is 7.11 Å². The normalized spacial score (nSPS) is 14.1. The summed E-state index contributed by atoms with van der Waals surface area (Å²) in [5, 5.41) is 3.45. The zero-order valence-corrected chi connectivity index (χ0v) is 13.8. The second-order valence-corrected chi connectivity index (χ2v) is 7.04. The van der Waals surface area contributed by atoms with Gasteiger partial charge in [0.15, 0.2) is 17.4 Å². The summed E-state index contributed by atoms with van der Waals surface area (Å²) in [4.78, 5) is 4.25. The van der Waals surface area contributed by atoms with Crippen molar-refractivity contribution in [1.82, 2.24) is 10.1 Å². The van der Waals surface area contributed by atoms with Crippen LogP contribution in [-0.4, -0.2) is 21.5 Å². The summed E-state index contributed by atoms with van der Waals surface area (Å²) < 4.78 is 36.1. The van der Waals surface area contributed by atoms with E-state index in [1.54, 1.807) is 13.0 Å². The number of ether oxygens (including phenoxy) is 1. The highest BCUT2D eigenvalue weighted by atomic mass is 32.2. The number of hydrogen-bond donors (Lipinski definition) is 0. The predicted molar refractivity (Wildman–Crippen MR) is 81.6 cm³/mol. The molecule has 0 aliphatic rings. The van der Waals surface area contributed by atoms with Gasteiger partial charge in [0.2, 0.25) is 5.89 Å². The van der Waals surface area contributed by atoms with E-state index in [9.17, 15) is 8.60 Å². The van der Waals surface area contributed by atoms with Gasteiger partial charge in [-0.1, -0.05) is 25.1 Å². The van der Waals surface area contributed by atoms with Gasteiger partial charge in [-0.3, -0.25) is 4.21 Å². The fourth-order valence-electron chi connectivity index (χ4n) is 1.85. The molecule has 2 aromatic rings. The molecule has 2 unspecified atom stereocenters. The third-order valence-corrected chi connectivity index (χ3v) is 4.85. The van der Waals surface area contributed by atoms with Gasteiger partial charge < -0.3 is 9.26 Å². The maximum Gasteiger partial charge on any atom is 0.242 e. The smallest absolute Gasteiger partial charge is 0.242 e. The van der Waals surface area contributed by atoms with Crippen molar-refractivity contribution in [1.29, 1.82) is 0 Å². The van der Waals surface area contributed by atoms with Crippen molar-refractivity contribution in [3.8, 4) is 5.75 Å². The van der Waals surface area contributed by atoms with Crippen LogP contribution in [0.4, 0.5) is 4.39 Å². The lowest BCUT2D eigenvalue weighted by molar-refractivity contribution is 0.371. The van der Waals surface area contributed by atoms with Crippen molar-refractivity contribution in [3.05, 3.63) is 41.3 Å². The molecule has 0 amide bonds. The highest BCUT2D eigenvalue weighted by molar-refractivity contribution is 7.84. The lowest BCUT2D eigenvalue weighted by atomic mass is 10.2. The fourth-order valence-corrected chi connectivity index (χ4v) is 2.93. The SMILES string of the molecule is COc1ccc(CS(=O)C(C)c2nc(C(C)C)no2)cc1F. The molecule has 0 fully saturated rings. The maximum atomic E-state index is 13.7. The minimum absolute atomic E-state index is 0.147. The van der Waals surface area contributed by atoms with Gasteiger partial charge in [0.25, 0.3) is 0 Å². The lowest BCUT2D eigenvalue weighted by Gasteiger charge is -2.08. The van der Waals surface area contributed by atoms with E-state index in [4.69, 9.17) is 9.26 Å². The number of hydrogen-bond acceptors (Lipinski definition) is 5. The summed E-state index contributed by atoms with van der Waals surface area (Å²) >= 11 is 0. The molecule has 0 aliphatic carbocycles. The molecule has 22 heavy (non-hydrogen) atoms. The predicted octanol–water partition coefficient (Wildman–Crippen LogP) is 3.35. The molecule has 0 saturated heterocycles. The highest BCUT2D eigenvalue weighted by Crippen LogP contribution is 2.24. The average Bonchev–Trinajstić information content (AvgIpc) is 2.96. The molecule has 5 nitrogen and oxygen atoms in total. The second-order valence-electron chi connectivity index (χ2n) is 5.28. The molecule has 0 aliphatic heterocycles. The molecule has 7 heteroatoms. The molecule has 0 saturated carbocycles. The van der Waals surface area contributed by atoms with Crippen LogP contribution in [0.25, 0.3) is 0 Å². The minimum atomic E-state index is -1.29. The molecule has 0 radical (unpaired) electrons. The first kappa shape index (κ1) is 16.6. The van der Waals surface area contributed by atoms with Gasteiger partial charge in [-0.2, -0.15) is 4.98 Å². The Hall–Kier alpha value is -1.76. The van der Waals surface area contributed by atoms with E-state index in [1.165, 1.54) is 19.2 Å². The number of benzene rings is 1. The van der Waals surface area contributed by atoms with Gasteiger partial charge in [-0.05, 0) is 24.6 Å². The number of methoxy groups -OCH3 is 1. The molecule has 1 heterocycles. The summed E-state index contributed by atoms with van der Waals surface area (Å²) in [7, 11) is 0.116. The molecule has 120 valence electrons. The van der Waals surface area contributed by atoms with E-state index in [2.05, 4.69) is 10.1 Å². The van der Waals surface area contributed by atoms with Gasteiger partial charge in [0, 0.05) is 22.5 Å². The molecule has 2 rings (SSSR count). The van der Waals surface area contributed by atoms with Gasteiger partial charge in [0.1, 0.15) is 5.25 Å². The monoisotopic (exact) mass is 326 g/mol. The molecule has 0 bridgehead atoms. The van der Waals surface area contributed by atoms with E-state index in [0.29, 0.717) is 17.3 Å². The Bertz CT molecular complexity index is 673. The number of rotatable bonds is 6. The Kier molecular flexibility index (Phi) is 5.28. The Morgan fingerprint density at radius 1 is 1.36 bits per heavy atom.